The zero-order valence-electron chi connectivity index (χ0n) is 11.1. The topological polar surface area (TPSA) is 61.4 Å². The molecule has 0 atom stereocenters. The van der Waals surface area contributed by atoms with Crippen molar-refractivity contribution >= 4 is 11.8 Å². The lowest BCUT2D eigenvalue weighted by molar-refractivity contribution is -0.134. The molecule has 0 aromatic heterocycles. The van der Waals surface area contributed by atoms with E-state index in [4.69, 9.17) is 0 Å². The molecule has 1 aliphatic carbocycles. The van der Waals surface area contributed by atoms with Crippen LogP contribution in [0.1, 0.15) is 32.6 Å². The molecule has 2 rings (SSSR count). The Kier molecular flexibility index (Phi) is 4.58. The second kappa shape index (κ2) is 6.18. The number of nitrogens with one attached hydrogen (secondary N) is 2. The van der Waals surface area contributed by atoms with Gasteiger partial charge in [-0.3, -0.25) is 9.59 Å². The third-order valence-electron chi connectivity index (χ3n) is 3.69. The Hall–Kier alpha value is -1.10. The molecule has 102 valence electrons. The third-order valence-corrected chi connectivity index (χ3v) is 3.69. The lowest BCUT2D eigenvalue weighted by Gasteiger charge is -2.31. The van der Waals surface area contributed by atoms with Gasteiger partial charge in [-0.15, -0.1) is 0 Å². The molecule has 5 nitrogen and oxygen atoms in total. The molecular weight excluding hydrogens is 230 g/mol. The summed E-state index contributed by atoms with van der Waals surface area (Å²) in [4.78, 5) is 25.4. The molecule has 0 aromatic rings. The molecular formula is C13H23N3O2. The zero-order chi connectivity index (χ0) is 13.0. The molecule has 0 aromatic carbocycles. The van der Waals surface area contributed by atoms with Crippen LogP contribution in [0.3, 0.4) is 0 Å². The Morgan fingerprint density at radius 2 is 1.83 bits per heavy atom. The number of hydrogen-bond donors (Lipinski definition) is 2. The number of amides is 2. The van der Waals surface area contributed by atoms with Gasteiger partial charge < -0.3 is 15.5 Å². The summed E-state index contributed by atoms with van der Waals surface area (Å²) in [7, 11) is 0. The van der Waals surface area contributed by atoms with Gasteiger partial charge in [0.2, 0.25) is 11.8 Å². The molecule has 2 aliphatic rings. The molecule has 2 fully saturated rings. The van der Waals surface area contributed by atoms with Gasteiger partial charge in [0, 0.05) is 31.6 Å². The molecule has 0 bridgehead atoms. The fourth-order valence-corrected chi connectivity index (χ4v) is 2.34. The molecule has 2 amide bonds. The highest BCUT2D eigenvalue weighted by Crippen LogP contribution is 2.19. The van der Waals surface area contributed by atoms with Crippen LogP contribution in [-0.4, -0.2) is 48.9 Å². The maximum Gasteiger partial charge on any atom is 0.236 e. The molecule has 2 N–H and O–H groups in total. The van der Waals surface area contributed by atoms with Gasteiger partial charge in [-0.1, -0.05) is 0 Å². The minimum absolute atomic E-state index is 0.0883. The Balaban J connectivity index is 1.68. The fraction of sp³-hybridized carbons (Fsp3) is 0.846. The molecule has 1 heterocycles. The van der Waals surface area contributed by atoms with Crippen LogP contribution < -0.4 is 10.6 Å². The Bertz CT molecular complexity index is 307. The minimum Gasteiger partial charge on any atom is -0.356 e. The number of rotatable bonds is 5. The molecule has 1 saturated heterocycles. The number of hydrogen-bond acceptors (Lipinski definition) is 3. The number of carbonyl (C=O) groups excluding carboxylic acids is 2. The van der Waals surface area contributed by atoms with Crippen molar-refractivity contribution in [3.63, 3.8) is 0 Å². The standard InChI is InChI=1S/C13H23N3O2/c1-2-14-13(18)10-5-7-16(8-6-10)12(17)9-15-11-3-4-11/h10-11,15H,2-9H2,1H3,(H,14,18). The molecule has 5 heteroatoms. The molecule has 0 unspecified atom stereocenters. The van der Waals surface area contributed by atoms with Crippen LogP contribution in [0.5, 0.6) is 0 Å². The van der Waals surface area contributed by atoms with Gasteiger partial charge in [0.15, 0.2) is 0 Å². The monoisotopic (exact) mass is 253 g/mol. The third kappa shape index (κ3) is 3.70. The van der Waals surface area contributed by atoms with Crippen molar-refractivity contribution in [1.82, 2.24) is 15.5 Å². The van der Waals surface area contributed by atoms with E-state index in [9.17, 15) is 9.59 Å². The highest BCUT2D eigenvalue weighted by molar-refractivity contribution is 5.80. The van der Waals surface area contributed by atoms with E-state index in [-0.39, 0.29) is 17.7 Å². The van der Waals surface area contributed by atoms with Crippen LogP contribution in [0.4, 0.5) is 0 Å². The summed E-state index contributed by atoms with van der Waals surface area (Å²) in [5.74, 6) is 0.405. The minimum atomic E-state index is 0.0883. The predicted octanol–water partition coefficient (Wildman–Crippen LogP) is 0.113. The first-order valence-electron chi connectivity index (χ1n) is 6.99. The quantitative estimate of drug-likeness (QED) is 0.731. The fourth-order valence-electron chi connectivity index (χ4n) is 2.34. The Labute approximate surface area is 108 Å². The highest BCUT2D eigenvalue weighted by Gasteiger charge is 2.28. The van der Waals surface area contributed by atoms with Gasteiger partial charge >= 0.3 is 0 Å². The maximum absolute atomic E-state index is 11.9. The number of piperidine rings is 1. The number of likely N-dealkylation sites (tertiary alicyclic amines) is 1. The summed E-state index contributed by atoms with van der Waals surface area (Å²) in [5, 5.41) is 6.09. The average molecular weight is 253 g/mol. The van der Waals surface area contributed by atoms with Gasteiger partial charge in [0.25, 0.3) is 0 Å². The molecule has 1 aliphatic heterocycles. The van der Waals surface area contributed by atoms with Crippen LogP contribution >= 0.6 is 0 Å². The first-order valence-corrected chi connectivity index (χ1v) is 6.99. The average Bonchev–Trinajstić information content (AvgIpc) is 3.20. The molecule has 1 saturated carbocycles. The van der Waals surface area contributed by atoms with Gasteiger partial charge in [0.1, 0.15) is 0 Å². The van der Waals surface area contributed by atoms with E-state index < -0.39 is 0 Å². The zero-order valence-corrected chi connectivity index (χ0v) is 11.1. The van der Waals surface area contributed by atoms with E-state index in [1.54, 1.807) is 0 Å². The van der Waals surface area contributed by atoms with Crippen molar-refractivity contribution < 1.29 is 9.59 Å². The number of nitrogens with zero attached hydrogens (tertiary/aromatic N) is 1. The summed E-state index contributed by atoms with van der Waals surface area (Å²) in [6, 6.07) is 0.571. The van der Waals surface area contributed by atoms with Gasteiger partial charge in [0.05, 0.1) is 6.54 Å². The van der Waals surface area contributed by atoms with E-state index in [1.807, 2.05) is 11.8 Å². The van der Waals surface area contributed by atoms with E-state index in [2.05, 4.69) is 10.6 Å². The SMILES string of the molecule is CCNC(=O)C1CCN(C(=O)CNC2CC2)CC1. The Morgan fingerprint density at radius 3 is 2.39 bits per heavy atom. The van der Waals surface area contributed by atoms with E-state index in [0.29, 0.717) is 32.2 Å². The first kappa shape index (κ1) is 13.3. The summed E-state index contributed by atoms with van der Waals surface area (Å²) < 4.78 is 0. The molecule has 0 spiro atoms. The second-order valence-electron chi connectivity index (χ2n) is 5.20. The summed E-state index contributed by atoms with van der Waals surface area (Å²) >= 11 is 0. The predicted molar refractivity (Wildman–Crippen MR) is 69.0 cm³/mol. The molecule has 18 heavy (non-hydrogen) atoms. The van der Waals surface area contributed by atoms with Crippen LogP contribution in [0, 0.1) is 5.92 Å². The van der Waals surface area contributed by atoms with Crippen LogP contribution in [0.2, 0.25) is 0 Å². The largest absolute Gasteiger partial charge is 0.356 e. The highest BCUT2D eigenvalue weighted by atomic mass is 16.2. The summed E-state index contributed by atoms with van der Waals surface area (Å²) in [5.41, 5.74) is 0. The maximum atomic E-state index is 11.9. The van der Waals surface area contributed by atoms with Gasteiger partial charge in [-0.25, -0.2) is 0 Å². The summed E-state index contributed by atoms with van der Waals surface area (Å²) in [6.07, 6.45) is 3.99. The number of carbonyl (C=O) groups is 2. The first-order chi connectivity index (χ1) is 8.70. The second-order valence-corrected chi connectivity index (χ2v) is 5.20. The summed E-state index contributed by atoms with van der Waals surface area (Å²) in [6.45, 7) is 4.50. The smallest absolute Gasteiger partial charge is 0.236 e. The van der Waals surface area contributed by atoms with E-state index >= 15 is 0 Å². The van der Waals surface area contributed by atoms with Crippen molar-refractivity contribution in [3.05, 3.63) is 0 Å². The van der Waals surface area contributed by atoms with Crippen molar-refractivity contribution in [2.75, 3.05) is 26.2 Å². The lowest BCUT2D eigenvalue weighted by atomic mass is 9.96. The Morgan fingerprint density at radius 1 is 1.17 bits per heavy atom. The van der Waals surface area contributed by atoms with Crippen molar-refractivity contribution in [2.24, 2.45) is 5.92 Å². The van der Waals surface area contributed by atoms with Crippen LogP contribution in [0.15, 0.2) is 0 Å². The lowest BCUT2D eigenvalue weighted by Crippen LogP contribution is -2.46. The van der Waals surface area contributed by atoms with Gasteiger partial charge in [-0.2, -0.15) is 0 Å². The van der Waals surface area contributed by atoms with Crippen LogP contribution in [0.25, 0.3) is 0 Å². The molecule has 0 radical (unpaired) electrons. The van der Waals surface area contributed by atoms with Crippen LogP contribution in [-0.2, 0) is 9.59 Å². The van der Waals surface area contributed by atoms with E-state index in [0.717, 1.165) is 12.8 Å². The van der Waals surface area contributed by atoms with E-state index in [1.165, 1.54) is 12.8 Å². The van der Waals surface area contributed by atoms with Crippen molar-refractivity contribution in [2.45, 2.75) is 38.6 Å². The van der Waals surface area contributed by atoms with Gasteiger partial charge in [-0.05, 0) is 32.6 Å². The van der Waals surface area contributed by atoms with Crippen molar-refractivity contribution in [3.8, 4) is 0 Å². The normalized spacial score (nSPS) is 20.8. The van der Waals surface area contributed by atoms with Crippen molar-refractivity contribution in [1.29, 1.82) is 0 Å².